The lowest BCUT2D eigenvalue weighted by atomic mass is 9.97. The molecule has 3 nitrogen and oxygen atoms in total. The Morgan fingerprint density at radius 3 is 2.55 bits per heavy atom. The lowest BCUT2D eigenvalue weighted by Crippen LogP contribution is -2.45. The van der Waals surface area contributed by atoms with Gasteiger partial charge in [-0.05, 0) is 51.7 Å². The third-order valence-electron chi connectivity index (χ3n) is 3.94. The van der Waals surface area contributed by atoms with Gasteiger partial charge in [0, 0.05) is 12.1 Å². The molecule has 1 saturated heterocycles. The van der Waals surface area contributed by atoms with Gasteiger partial charge in [-0.3, -0.25) is 0 Å². The zero-order valence-corrected chi connectivity index (χ0v) is 13.1. The van der Waals surface area contributed by atoms with E-state index in [9.17, 15) is 0 Å². The molecule has 1 N–H and O–H groups in total. The standard InChI is InChI=1S/C17H27NO2/c1-12(9-15-7-5-6-8-17(15)19-4)18-16-10-13(2)20-14(3)11-16/h5-8,12-14,16,18H,9-11H2,1-4H3. The van der Waals surface area contributed by atoms with Gasteiger partial charge in [0.25, 0.3) is 0 Å². The van der Waals surface area contributed by atoms with Crippen LogP contribution in [0, 0.1) is 0 Å². The first-order chi connectivity index (χ1) is 9.58. The lowest BCUT2D eigenvalue weighted by Gasteiger charge is -2.34. The maximum atomic E-state index is 5.79. The summed E-state index contributed by atoms with van der Waals surface area (Å²) in [6, 6.07) is 9.26. The molecular weight excluding hydrogens is 250 g/mol. The molecule has 1 aliphatic rings. The molecule has 20 heavy (non-hydrogen) atoms. The molecule has 2 rings (SSSR count). The first-order valence-electron chi connectivity index (χ1n) is 7.62. The van der Waals surface area contributed by atoms with Gasteiger partial charge in [-0.25, -0.2) is 0 Å². The van der Waals surface area contributed by atoms with Crippen molar-refractivity contribution in [1.29, 1.82) is 0 Å². The maximum absolute atomic E-state index is 5.79. The number of methoxy groups -OCH3 is 1. The molecule has 1 aromatic carbocycles. The van der Waals surface area contributed by atoms with Crippen LogP contribution in [0.25, 0.3) is 0 Å². The summed E-state index contributed by atoms with van der Waals surface area (Å²) in [4.78, 5) is 0. The largest absolute Gasteiger partial charge is 0.496 e. The predicted molar refractivity (Wildman–Crippen MR) is 82.3 cm³/mol. The second-order valence-corrected chi connectivity index (χ2v) is 6.01. The van der Waals surface area contributed by atoms with Crippen LogP contribution in [0.15, 0.2) is 24.3 Å². The Morgan fingerprint density at radius 1 is 1.25 bits per heavy atom. The molecule has 3 unspecified atom stereocenters. The summed E-state index contributed by atoms with van der Waals surface area (Å²) >= 11 is 0. The molecule has 112 valence electrons. The maximum Gasteiger partial charge on any atom is 0.122 e. The van der Waals surface area contributed by atoms with E-state index in [1.807, 2.05) is 12.1 Å². The van der Waals surface area contributed by atoms with Crippen LogP contribution >= 0.6 is 0 Å². The fraction of sp³-hybridized carbons (Fsp3) is 0.647. The first kappa shape index (κ1) is 15.3. The normalized spacial score (nSPS) is 28.1. The van der Waals surface area contributed by atoms with Crippen molar-refractivity contribution in [3.8, 4) is 5.75 Å². The van der Waals surface area contributed by atoms with Crippen molar-refractivity contribution in [1.82, 2.24) is 5.32 Å². The van der Waals surface area contributed by atoms with Gasteiger partial charge in [-0.2, -0.15) is 0 Å². The van der Waals surface area contributed by atoms with Gasteiger partial charge in [-0.15, -0.1) is 0 Å². The van der Waals surface area contributed by atoms with Gasteiger partial charge >= 0.3 is 0 Å². The smallest absolute Gasteiger partial charge is 0.122 e. The highest BCUT2D eigenvalue weighted by Gasteiger charge is 2.25. The molecule has 0 aliphatic carbocycles. The van der Waals surface area contributed by atoms with E-state index >= 15 is 0 Å². The van der Waals surface area contributed by atoms with E-state index < -0.39 is 0 Å². The number of benzene rings is 1. The highest BCUT2D eigenvalue weighted by atomic mass is 16.5. The molecule has 0 aromatic heterocycles. The Bertz CT molecular complexity index is 411. The van der Waals surface area contributed by atoms with Gasteiger partial charge < -0.3 is 14.8 Å². The van der Waals surface area contributed by atoms with Gasteiger partial charge in [0.2, 0.25) is 0 Å². The van der Waals surface area contributed by atoms with Gasteiger partial charge in [0.15, 0.2) is 0 Å². The quantitative estimate of drug-likeness (QED) is 0.896. The van der Waals surface area contributed by atoms with Crippen molar-refractivity contribution in [3.63, 3.8) is 0 Å². The summed E-state index contributed by atoms with van der Waals surface area (Å²) in [5, 5.41) is 3.74. The van der Waals surface area contributed by atoms with Gasteiger partial charge in [-0.1, -0.05) is 18.2 Å². The number of ether oxygens (including phenoxy) is 2. The molecular formula is C17H27NO2. The Balaban J connectivity index is 1.90. The van der Waals surface area contributed by atoms with Crippen LogP contribution in [-0.2, 0) is 11.2 Å². The van der Waals surface area contributed by atoms with E-state index in [0.717, 1.165) is 25.0 Å². The second-order valence-electron chi connectivity index (χ2n) is 6.01. The third kappa shape index (κ3) is 4.22. The molecule has 0 bridgehead atoms. The molecule has 0 spiro atoms. The number of rotatable bonds is 5. The van der Waals surface area contributed by atoms with Crippen molar-refractivity contribution in [3.05, 3.63) is 29.8 Å². The zero-order valence-electron chi connectivity index (χ0n) is 13.1. The van der Waals surface area contributed by atoms with Crippen LogP contribution in [0.5, 0.6) is 5.75 Å². The van der Waals surface area contributed by atoms with Crippen LogP contribution < -0.4 is 10.1 Å². The van der Waals surface area contributed by atoms with Crippen LogP contribution in [-0.4, -0.2) is 31.4 Å². The number of hydrogen-bond donors (Lipinski definition) is 1. The van der Waals surface area contributed by atoms with Gasteiger partial charge in [0.1, 0.15) is 5.75 Å². The first-order valence-corrected chi connectivity index (χ1v) is 7.62. The third-order valence-corrected chi connectivity index (χ3v) is 3.94. The molecule has 3 atom stereocenters. The number of nitrogens with one attached hydrogen (secondary N) is 1. The van der Waals surface area contributed by atoms with Crippen molar-refractivity contribution in [2.24, 2.45) is 0 Å². The summed E-state index contributed by atoms with van der Waals surface area (Å²) in [6.45, 7) is 6.57. The minimum Gasteiger partial charge on any atom is -0.496 e. The molecule has 1 heterocycles. The molecule has 0 saturated carbocycles. The summed E-state index contributed by atoms with van der Waals surface area (Å²) in [5.41, 5.74) is 1.27. The highest BCUT2D eigenvalue weighted by molar-refractivity contribution is 5.33. The zero-order chi connectivity index (χ0) is 14.5. The van der Waals surface area contributed by atoms with Crippen LogP contribution in [0.2, 0.25) is 0 Å². The Hall–Kier alpha value is -1.06. The predicted octanol–water partition coefficient (Wildman–Crippen LogP) is 3.17. The summed E-state index contributed by atoms with van der Waals surface area (Å²) in [6.07, 6.45) is 3.90. The van der Waals surface area contributed by atoms with E-state index in [1.165, 1.54) is 5.56 Å². The van der Waals surface area contributed by atoms with E-state index in [2.05, 4.69) is 38.2 Å². The number of hydrogen-bond acceptors (Lipinski definition) is 3. The molecule has 1 fully saturated rings. The van der Waals surface area contributed by atoms with Crippen molar-refractivity contribution in [2.75, 3.05) is 7.11 Å². The van der Waals surface area contributed by atoms with E-state index in [1.54, 1.807) is 7.11 Å². The van der Waals surface area contributed by atoms with Crippen molar-refractivity contribution >= 4 is 0 Å². The molecule has 3 heteroatoms. The van der Waals surface area contributed by atoms with Crippen molar-refractivity contribution < 1.29 is 9.47 Å². The fourth-order valence-corrected chi connectivity index (χ4v) is 3.20. The minimum atomic E-state index is 0.356. The summed E-state index contributed by atoms with van der Waals surface area (Å²) < 4.78 is 11.2. The van der Waals surface area contributed by atoms with E-state index in [4.69, 9.17) is 9.47 Å². The minimum absolute atomic E-state index is 0.356. The average molecular weight is 277 g/mol. The van der Waals surface area contributed by atoms with E-state index in [-0.39, 0.29) is 0 Å². The SMILES string of the molecule is COc1ccccc1CC(C)NC1CC(C)OC(C)C1. The Labute approximate surface area is 122 Å². The van der Waals surface area contributed by atoms with Crippen LogP contribution in [0.1, 0.15) is 39.2 Å². The average Bonchev–Trinajstić information content (AvgIpc) is 2.37. The Kier molecular flexibility index (Phi) is 5.44. The van der Waals surface area contributed by atoms with Crippen LogP contribution in [0.3, 0.4) is 0 Å². The topological polar surface area (TPSA) is 30.5 Å². The Morgan fingerprint density at radius 2 is 1.90 bits per heavy atom. The lowest BCUT2D eigenvalue weighted by molar-refractivity contribution is -0.0432. The molecule has 0 amide bonds. The molecule has 1 aromatic rings. The number of para-hydroxylation sites is 1. The van der Waals surface area contributed by atoms with E-state index in [0.29, 0.717) is 24.3 Å². The highest BCUT2D eigenvalue weighted by Crippen LogP contribution is 2.22. The molecule has 0 radical (unpaired) electrons. The van der Waals surface area contributed by atoms with Crippen LogP contribution in [0.4, 0.5) is 0 Å². The second kappa shape index (κ2) is 7.09. The fourth-order valence-electron chi connectivity index (χ4n) is 3.20. The van der Waals surface area contributed by atoms with Crippen molar-refractivity contribution in [2.45, 2.75) is 64.3 Å². The van der Waals surface area contributed by atoms with Gasteiger partial charge in [0.05, 0.1) is 19.3 Å². The molecule has 1 aliphatic heterocycles. The summed E-state index contributed by atoms with van der Waals surface area (Å²) in [5.74, 6) is 0.981. The monoisotopic (exact) mass is 277 g/mol. The summed E-state index contributed by atoms with van der Waals surface area (Å²) in [7, 11) is 1.73.